The van der Waals surface area contributed by atoms with E-state index in [1.54, 1.807) is 0 Å². The molecule has 5 aliphatic rings. The average molecular weight is 777 g/mol. The van der Waals surface area contributed by atoms with Crippen molar-refractivity contribution >= 4 is 23.4 Å². The molecule has 9 atom stereocenters. The van der Waals surface area contributed by atoms with E-state index in [-0.39, 0.29) is 52.0 Å². The Morgan fingerprint density at radius 1 is 0.825 bits per heavy atom. The molecule has 0 aromatic heterocycles. The summed E-state index contributed by atoms with van der Waals surface area (Å²) in [6.07, 6.45) is 12.3. The smallest absolute Gasteiger partial charge is 0.337 e. The van der Waals surface area contributed by atoms with Crippen LogP contribution < -0.4 is 5.32 Å². The molecule has 0 bridgehead atoms. The lowest BCUT2D eigenvalue weighted by Gasteiger charge is -2.72. The molecule has 7 nitrogen and oxygen atoms in total. The third-order valence-corrected chi connectivity index (χ3v) is 17.3. The van der Waals surface area contributed by atoms with E-state index < -0.39 is 5.41 Å². The summed E-state index contributed by atoms with van der Waals surface area (Å²) >= 11 is 0. The molecule has 1 N–H and O–H groups in total. The second-order valence-corrected chi connectivity index (χ2v) is 20.0. The van der Waals surface area contributed by atoms with Crippen molar-refractivity contribution in [1.29, 1.82) is 0 Å². The van der Waals surface area contributed by atoms with Gasteiger partial charge in [0.05, 0.1) is 31.7 Å². The van der Waals surface area contributed by atoms with Crippen molar-refractivity contribution in [2.75, 3.05) is 33.9 Å². The summed E-state index contributed by atoms with van der Waals surface area (Å²) < 4.78 is 10.00. The number of nitrogens with one attached hydrogen (secondary N) is 1. The highest BCUT2D eigenvalue weighted by Gasteiger charge is 2.71. The molecule has 5 aliphatic carbocycles. The van der Waals surface area contributed by atoms with Crippen LogP contribution in [0.2, 0.25) is 0 Å². The molecule has 4 saturated carbocycles. The highest BCUT2D eigenvalue weighted by Crippen LogP contribution is 2.77. The molecule has 57 heavy (non-hydrogen) atoms. The molecule has 4 fully saturated rings. The van der Waals surface area contributed by atoms with Gasteiger partial charge < -0.3 is 14.8 Å². The zero-order chi connectivity index (χ0) is 41.0. The maximum atomic E-state index is 14.8. The van der Waals surface area contributed by atoms with Gasteiger partial charge in [-0.3, -0.25) is 14.5 Å². The number of benzene rings is 2. The van der Waals surface area contributed by atoms with Crippen molar-refractivity contribution < 1.29 is 23.9 Å². The first kappa shape index (κ1) is 41.4. The SMILES string of the molecule is C=C(C)[C@@H]1CC[C@]2(C(=O)NCCN(CC(=O)OC)Cc3ccccc3)CC[C@]3(C)[C@H](CC[C@@H]4[C@@]5(C)CC=C(c6ccc(C(=O)OC)cc6)C(C)(C)[C@@H]5CC[C@]43C)[C@@H]12. The minimum absolute atomic E-state index is 0.0112. The Hall–Kier alpha value is -3.71. The van der Waals surface area contributed by atoms with Crippen LogP contribution in [0, 0.1) is 56.7 Å². The van der Waals surface area contributed by atoms with Crippen LogP contribution in [-0.4, -0.2) is 56.6 Å². The number of hydrogen-bond donors (Lipinski definition) is 1. The Labute approximate surface area is 342 Å². The van der Waals surface area contributed by atoms with Gasteiger partial charge in [-0.2, -0.15) is 0 Å². The number of esters is 2. The van der Waals surface area contributed by atoms with Gasteiger partial charge >= 0.3 is 11.9 Å². The van der Waals surface area contributed by atoms with E-state index in [2.05, 4.69) is 88.7 Å². The third kappa shape index (κ3) is 6.82. The van der Waals surface area contributed by atoms with E-state index in [0.29, 0.717) is 48.9 Å². The standard InChI is InChI=1S/C50H68N2O5/c1-33(2)37-21-26-50(45(55)51-29-30-52(32-42(53)56-8)31-34-13-11-10-12-14-34)28-27-48(6)39(43(37)50)19-20-41-47(5)24-22-38(35-15-17-36(18-16-35)44(54)57-9)46(3,4)40(47)23-25-49(41,48)7/h10-18,22,37,39-41,43H,1,19-21,23-32H2,2-9H3,(H,51,55)/t37-,39+,40-,41+,43+,47-,48+,49+,50-/m0/s1. The van der Waals surface area contributed by atoms with E-state index in [1.807, 2.05) is 30.3 Å². The van der Waals surface area contributed by atoms with Gasteiger partial charge in [-0.25, -0.2) is 4.79 Å². The first-order valence-corrected chi connectivity index (χ1v) is 21.7. The molecule has 0 aliphatic heterocycles. The van der Waals surface area contributed by atoms with Crippen LogP contribution in [0.3, 0.4) is 0 Å². The quantitative estimate of drug-likeness (QED) is 0.181. The molecule has 0 unspecified atom stereocenters. The van der Waals surface area contributed by atoms with Crippen molar-refractivity contribution in [3.63, 3.8) is 0 Å². The number of carbonyl (C=O) groups is 3. The monoisotopic (exact) mass is 777 g/mol. The molecule has 7 rings (SSSR count). The van der Waals surface area contributed by atoms with E-state index in [9.17, 15) is 14.4 Å². The molecule has 308 valence electrons. The number of nitrogens with zero attached hydrogens (tertiary/aromatic N) is 1. The first-order valence-electron chi connectivity index (χ1n) is 21.7. The fraction of sp³-hybridized carbons (Fsp3) is 0.620. The lowest BCUT2D eigenvalue weighted by molar-refractivity contribution is -0.225. The van der Waals surface area contributed by atoms with Crippen molar-refractivity contribution in [2.24, 2.45) is 56.7 Å². The van der Waals surface area contributed by atoms with Gasteiger partial charge in [0.15, 0.2) is 0 Å². The van der Waals surface area contributed by atoms with E-state index in [1.165, 1.54) is 56.6 Å². The summed E-state index contributed by atoms with van der Waals surface area (Å²) in [6, 6.07) is 18.2. The largest absolute Gasteiger partial charge is 0.468 e. The van der Waals surface area contributed by atoms with Gasteiger partial charge in [-0.05, 0) is 145 Å². The van der Waals surface area contributed by atoms with Crippen LogP contribution in [-0.2, 0) is 25.6 Å². The van der Waals surface area contributed by atoms with Crippen molar-refractivity contribution in [3.8, 4) is 0 Å². The Bertz CT molecular complexity index is 1890. The summed E-state index contributed by atoms with van der Waals surface area (Å²) in [5.74, 6) is 1.90. The van der Waals surface area contributed by atoms with E-state index in [4.69, 9.17) is 9.47 Å². The van der Waals surface area contributed by atoms with Crippen LogP contribution in [0.25, 0.3) is 5.57 Å². The average Bonchev–Trinajstić information content (AvgIpc) is 3.59. The fourth-order valence-electron chi connectivity index (χ4n) is 14.3. The molecule has 2 aromatic carbocycles. The van der Waals surface area contributed by atoms with Crippen LogP contribution in [0.5, 0.6) is 0 Å². The molecular weight excluding hydrogens is 709 g/mol. The molecule has 0 spiro atoms. The maximum absolute atomic E-state index is 14.8. The zero-order valence-electron chi connectivity index (χ0n) is 36.0. The summed E-state index contributed by atoms with van der Waals surface area (Å²) in [6.45, 7) is 21.5. The number of hydrogen-bond acceptors (Lipinski definition) is 6. The molecule has 0 saturated heterocycles. The Morgan fingerprint density at radius 2 is 1.54 bits per heavy atom. The predicted octanol–water partition coefficient (Wildman–Crippen LogP) is 9.92. The number of ether oxygens (including phenoxy) is 2. The summed E-state index contributed by atoms with van der Waals surface area (Å²) in [5.41, 5.74) is 5.63. The second kappa shape index (κ2) is 15.5. The number of fused-ring (bicyclic) bond motifs is 7. The fourth-order valence-corrected chi connectivity index (χ4v) is 14.3. The van der Waals surface area contributed by atoms with Crippen LogP contribution in [0.4, 0.5) is 0 Å². The van der Waals surface area contributed by atoms with Crippen molar-refractivity contribution in [1.82, 2.24) is 10.2 Å². The van der Waals surface area contributed by atoms with Gasteiger partial charge in [0.2, 0.25) is 5.91 Å². The number of rotatable bonds is 11. The van der Waals surface area contributed by atoms with Gasteiger partial charge in [0.25, 0.3) is 0 Å². The van der Waals surface area contributed by atoms with Crippen LogP contribution in [0.1, 0.15) is 121 Å². The number of carbonyl (C=O) groups excluding carboxylic acids is 3. The van der Waals surface area contributed by atoms with Gasteiger partial charge in [-0.1, -0.05) is 95.3 Å². The molecule has 7 heteroatoms. The Kier molecular flexibility index (Phi) is 11.3. The number of methoxy groups -OCH3 is 2. The predicted molar refractivity (Wildman–Crippen MR) is 227 cm³/mol. The summed E-state index contributed by atoms with van der Waals surface area (Å²) in [4.78, 5) is 41.4. The number of amides is 1. The van der Waals surface area contributed by atoms with Gasteiger partial charge in [-0.15, -0.1) is 0 Å². The highest BCUT2D eigenvalue weighted by atomic mass is 16.5. The first-order chi connectivity index (χ1) is 27.1. The molecule has 2 aromatic rings. The number of allylic oxidation sites excluding steroid dienone is 3. The highest BCUT2D eigenvalue weighted by molar-refractivity contribution is 5.90. The summed E-state index contributed by atoms with van der Waals surface area (Å²) in [5, 5.41) is 3.45. The molecule has 0 heterocycles. The zero-order valence-corrected chi connectivity index (χ0v) is 36.0. The third-order valence-electron chi connectivity index (χ3n) is 17.3. The maximum Gasteiger partial charge on any atom is 0.337 e. The molecule has 1 amide bonds. The lowest BCUT2D eigenvalue weighted by atomic mass is 9.32. The topological polar surface area (TPSA) is 84.9 Å². The Morgan fingerprint density at radius 3 is 2.21 bits per heavy atom. The van der Waals surface area contributed by atoms with E-state index in [0.717, 1.165) is 37.7 Å². The van der Waals surface area contributed by atoms with Crippen molar-refractivity contribution in [3.05, 3.63) is 89.5 Å². The van der Waals surface area contributed by atoms with Gasteiger partial charge in [0, 0.05) is 19.6 Å². The van der Waals surface area contributed by atoms with E-state index >= 15 is 0 Å². The van der Waals surface area contributed by atoms with Crippen molar-refractivity contribution in [2.45, 2.75) is 106 Å². The minimum Gasteiger partial charge on any atom is -0.468 e. The molecule has 0 radical (unpaired) electrons. The van der Waals surface area contributed by atoms with Gasteiger partial charge in [0.1, 0.15) is 0 Å². The normalized spacial score (nSPS) is 35.1. The molecular formula is C50H68N2O5. The van der Waals surface area contributed by atoms with Crippen LogP contribution >= 0.6 is 0 Å². The lowest BCUT2D eigenvalue weighted by Crippen LogP contribution is -2.66. The second-order valence-electron chi connectivity index (χ2n) is 20.0. The summed E-state index contributed by atoms with van der Waals surface area (Å²) in [7, 11) is 2.86. The van der Waals surface area contributed by atoms with Crippen LogP contribution in [0.15, 0.2) is 72.8 Å². The Balaban J connectivity index is 1.12. The minimum atomic E-state index is -0.390.